The van der Waals surface area contributed by atoms with Crippen LogP contribution in [-0.4, -0.2) is 33.0 Å². The highest BCUT2D eigenvalue weighted by Crippen LogP contribution is 2.28. The van der Waals surface area contributed by atoms with E-state index >= 15 is 0 Å². The van der Waals surface area contributed by atoms with Crippen molar-refractivity contribution in [2.45, 2.75) is 30.8 Å². The van der Waals surface area contributed by atoms with Gasteiger partial charge in [0.25, 0.3) is 0 Å². The van der Waals surface area contributed by atoms with Gasteiger partial charge in [-0.05, 0) is 55.8 Å². The van der Waals surface area contributed by atoms with E-state index in [9.17, 15) is 4.79 Å². The Morgan fingerprint density at radius 3 is 2.69 bits per heavy atom. The van der Waals surface area contributed by atoms with E-state index in [-0.39, 0.29) is 11.2 Å². The van der Waals surface area contributed by atoms with Crippen molar-refractivity contribution in [2.24, 2.45) is 0 Å². The fourth-order valence-electron chi connectivity index (χ4n) is 2.80. The zero-order valence-corrected chi connectivity index (χ0v) is 17.6. The Hall–Kier alpha value is -3.06. The van der Waals surface area contributed by atoms with Gasteiger partial charge in [0.15, 0.2) is 11.0 Å². The fourth-order valence-corrected chi connectivity index (χ4v) is 3.66. The minimum atomic E-state index is -0.341. The standard InChI is InChI=1S/C22H24N4O2S/c1-5-13-26-20(17-9-11-19(28-4)12-10-17)24-25-22(26)29-16(3)21(27)23-18-8-6-7-15(2)14-18/h5-12,14,16H,1,13H2,2-4H3,(H,23,27)/t16-/m1/s1. The van der Waals surface area contributed by atoms with Gasteiger partial charge in [-0.1, -0.05) is 30.0 Å². The molecular weight excluding hydrogens is 384 g/mol. The summed E-state index contributed by atoms with van der Waals surface area (Å²) >= 11 is 1.37. The summed E-state index contributed by atoms with van der Waals surface area (Å²) in [5.41, 5.74) is 2.80. The molecule has 0 spiro atoms. The summed E-state index contributed by atoms with van der Waals surface area (Å²) in [4.78, 5) is 12.6. The number of rotatable bonds is 8. The SMILES string of the molecule is C=CCn1c(S[C@H](C)C(=O)Nc2cccc(C)c2)nnc1-c1ccc(OC)cc1. The van der Waals surface area contributed by atoms with Gasteiger partial charge in [-0.25, -0.2) is 0 Å². The van der Waals surface area contributed by atoms with Crippen LogP contribution in [0, 0.1) is 6.92 Å². The summed E-state index contributed by atoms with van der Waals surface area (Å²) in [5.74, 6) is 1.42. The Morgan fingerprint density at radius 1 is 1.28 bits per heavy atom. The van der Waals surface area contributed by atoms with Gasteiger partial charge in [0, 0.05) is 17.8 Å². The molecule has 6 nitrogen and oxygen atoms in total. The molecule has 1 amide bonds. The summed E-state index contributed by atoms with van der Waals surface area (Å²) in [6.07, 6.45) is 1.79. The normalized spacial score (nSPS) is 11.7. The lowest BCUT2D eigenvalue weighted by molar-refractivity contribution is -0.115. The Balaban J connectivity index is 1.78. The quantitative estimate of drug-likeness (QED) is 0.437. The zero-order valence-electron chi connectivity index (χ0n) is 16.8. The molecule has 150 valence electrons. The Bertz CT molecular complexity index is 998. The molecule has 0 aliphatic rings. The van der Waals surface area contributed by atoms with E-state index in [1.807, 2.05) is 66.9 Å². The number of allylic oxidation sites excluding steroid dienone is 1. The third-order valence-corrected chi connectivity index (χ3v) is 5.39. The molecule has 1 N–H and O–H groups in total. The Morgan fingerprint density at radius 2 is 2.03 bits per heavy atom. The minimum Gasteiger partial charge on any atom is -0.497 e. The molecule has 1 aromatic heterocycles. The lowest BCUT2D eigenvalue weighted by Gasteiger charge is -2.13. The van der Waals surface area contributed by atoms with Crippen LogP contribution in [0.2, 0.25) is 0 Å². The molecule has 2 aromatic carbocycles. The molecular formula is C22H24N4O2S. The molecule has 3 aromatic rings. The van der Waals surface area contributed by atoms with Gasteiger partial charge in [0.05, 0.1) is 12.4 Å². The Kier molecular flexibility index (Phi) is 6.72. The number of hydrogen-bond acceptors (Lipinski definition) is 5. The largest absolute Gasteiger partial charge is 0.497 e. The second-order valence-electron chi connectivity index (χ2n) is 6.55. The number of carbonyl (C=O) groups is 1. The van der Waals surface area contributed by atoms with Crippen LogP contribution >= 0.6 is 11.8 Å². The van der Waals surface area contributed by atoms with Crippen molar-refractivity contribution < 1.29 is 9.53 Å². The average molecular weight is 409 g/mol. The van der Waals surface area contributed by atoms with Crippen LogP contribution in [0.5, 0.6) is 5.75 Å². The van der Waals surface area contributed by atoms with Gasteiger partial charge in [0.2, 0.25) is 5.91 Å². The van der Waals surface area contributed by atoms with Crippen LogP contribution in [-0.2, 0) is 11.3 Å². The molecule has 0 saturated carbocycles. The highest BCUT2D eigenvalue weighted by molar-refractivity contribution is 8.00. The first-order valence-corrected chi connectivity index (χ1v) is 10.1. The van der Waals surface area contributed by atoms with Gasteiger partial charge >= 0.3 is 0 Å². The van der Waals surface area contributed by atoms with Crippen LogP contribution in [0.3, 0.4) is 0 Å². The summed E-state index contributed by atoms with van der Waals surface area (Å²) in [6, 6.07) is 15.4. The summed E-state index contributed by atoms with van der Waals surface area (Å²) in [7, 11) is 1.63. The number of thioether (sulfide) groups is 1. The van der Waals surface area contributed by atoms with E-state index in [4.69, 9.17) is 4.74 Å². The van der Waals surface area contributed by atoms with E-state index in [2.05, 4.69) is 22.1 Å². The molecule has 0 radical (unpaired) electrons. The molecule has 0 unspecified atom stereocenters. The number of ether oxygens (including phenoxy) is 1. The van der Waals surface area contributed by atoms with E-state index in [1.54, 1.807) is 13.2 Å². The highest BCUT2D eigenvalue weighted by atomic mass is 32.2. The van der Waals surface area contributed by atoms with Crippen LogP contribution in [0.25, 0.3) is 11.4 Å². The van der Waals surface area contributed by atoms with Crippen LogP contribution in [0.4, 0.5) is 5.69 Å². The van der Waals surface area contributed by atoms with Crippen molar-refractivity contribution in [3.8, 4) is 17.1 Å². The number of aromatic nitrogens is 3. The second-order valence-corrected chi connectivity index (χ2v) is 7.86. The molecule has 29 heavy (non-hydrogen) atoms. The van der Waals surface area contributed by atoms with Gasteiger partial charge in [-0.3, -0.25) is 9.36 Å². The lowest BCUT2D eigenvalue weighted by atomic mass is 10.2. The molecule has 0 aliphatic heterocycles. The predicted molar refractivity (Wildman–Crippen MR) is 117 cm³/mol. The first-order valence-electron chi connectivity index (χ1n) is 9.24. The number of nitrogens with one attached hydrogen (secondary N) is 1. The molecule has 0 bridgehead atoms. The monoisotopic (exact) mass is 408 g/mol. The smallest absolute Gasteiger partial charge is 0.237 e. The molecule has 0 saturated heterocycles. The molecule has 3 rings (SSSR count). The van der Waals surface area contributed by atoms with Crippen LogP contribution < -0.4 is 10.1 Å². The molecule has 7 heteroatoms. The lowest BCUT2D eigenvalue weighted by Crippen LogP contribution is -2.23. The van der Waals surface area contributed by atoms with E-state index in [0.717, 1.165) is 28.4 Å². The number of anilines is 1. The van der Waals surface area contributed by atoms with Crippen molar-refractivity contribution in [2.75, 3.05) is 12.4 Å². The molecule has 1 heterocycles. The zero-order chi connectivity index (χ0) is 20.8. The van der Waals surface area contributed by atoms with Crippen LogP contribution in [0.1, 0.15) is 12.5 Å². The van der Waals surface area contributed by atoms with Crippen LogP contribution in [0.15, 0.2) is 66.3 Å². The summed E-state index contributed by atoms with van der Waals surface area (Å²) < 4.78 is 7.17. The van der Waals surface area contributed by atoms with E-state index < -0.39 is 0 Å². The second kappa shape index (κ2) is 9.43. The maximum absolute atomic E-state index is 12.6. The molecule has 0 fully saturated rings. The highest BCUT2D eigenvalue weighted by Gasteiger charge is 2.20. The van der Waals surface area contributed by atoms with Crippen molar-refractivity contribution in [3.63, 3.8) is 0 Å². The molecule has 0 aliphatic carbocycles. The molecule has 1 atom stereocenters. The number of carbonyl (C=O) groups excluding carboxylic acids is 1. The number of hydrogen-bond donors (Lipinski definition) is 1. The van der Waals surface area contributed by atoms with Gasteiger partial charge < -0.3 is 10.1 Å². The third-order valence-electron chi connectivity index (χ3n) is 4.31. The first-order chi connectivity index (χ1) is 14.0. The topological polar surface area (TPSA) is 69.0 Å². The average Bonchev–Trinajstić information content (AvgIpc) is 3.10. The minimum absolute atomic E-state index is 0.0836. The van der Waals surface area contributed by atoms with Crippen molar-refractivity contribution in [3.05, 3.63) is 66.7 Å². The third kappa shape index (κ3) is 5.06. The summed E-state index contributed by atoms with van der Waals surface area (Å²) in [5, 5.41) is 11.9. The van der Waals surface area contributed by atoms with Crippen molar-refractivity contribution in [1.82, 2.24) is 14.8 Å². The fraction of sp³-hybridized carbons (Fsp3) is 0.227. The first kappa shape index (κ1) is 20.7. The summed E-state index contributed by atoms with van der Waals surface area (Å²) in [6.45, 7) is 8.23. The van der Waals surface area contributed by atoms with E-state index in [0.29, 0.717) is 11.7 Å². The maximum Gasteiger partial charge on any atom is 0.237 e. The Labute approximate surface area is 175 Å². The van der Waals surface area contributed by atoms with E-state index in [1.165, 1.54) is 11.8 Å². The van der Waals surface area contributed by atoms with Crippen molar-refractivity contribution in [1.29, 1.82) is 0 Å². The number of nitrogens with zero attached hydrogens (tertiary/aromatic N) is 3. The van der Waals surface area contributed by atoms with Gasteiger partial charge in [-0.2, -0.15) is 0 Å². The van der Waals surface area contributed by atoms with Gasteiger partial charge in [0.1, 0.15) is 5.75 Å². The van der Waals surface area contributed by atoms with Gasteiger partial charge in [-0.15, -0.1) is 16.8 Å². The maximum atomic E-state index is 12.6. The van der Waals surface area contributed by atoms with Crippen molar-refractivity contribution >= 4 is 23.4 Å². The number of methoxy groups -OCH3 is 1. The number of amides is 1. The predicted octanol–water partition coefficient (Wildman–Crippen LogP) is 4.57. The number of benzene rings is 2. The number of aryl methyl sites for hydroxylation is 1.